The fraction of sp³-hybridized carbons (Fsp3) is 0.286. The van der Waals surface area contributed by atoms with Gasteiger partial charge in [-0.05, 0) is 55.2 Å². The average molecular weight is 320 g/mol. The standard InChI is InChI=1S/C21H21FN2/c1-15-5-4-12-24(14-15)20-13-17-6-2-3-7-19(17)23-21(20)16-8-10-18(22)11-9-16/h2-3,6-11,13,15H,4-5,12,14H2,1H3. The Morgan fingerprint density at radius 1 is 1.08 bits per heavy atom. The molecule has 0 bridgehead atoms. The lowest BCUT2D eigenvalue weighted by molar-refractivity contribution is 0.447. The van der Waals surface area contributed by atoms with Crippen LogP contribution >= 0.6 is 0 Å². The number of anilines is 1. The summed E-state index contributed by atoms with van der Waals surface area (Å²) < 4.78 is 13.3. The van der Waals surface area contributed by atoms with Crippen LogP contribution in [0.3, 0.4) is 0 Å². The predicted octanol–water partition coefficient (Wildman–Crippen LogP) is 5.28. The molecule has 0 amide bonds. The van der Waals surface area contributed by atoms with Gasteiger partial charge in [0.2, 0.25) is 0 Å². The minimum absolute atomic E-state index is 0.215. The molecule has 1 aliphatic heterocycles. The van der Waals surface area contributed by atoms with Gasteiger partial charge in [-0.3, -0.25) is 0 Å². The van der Waals surface area contributed by atoms with Crippen molar-refractivity contribution in [2.45, 2.75) is 19.8 Å². The first-order valence-electron chi connectivity index (χ1n) is 8.61. The molecule has 1 aromatic heterocycles. The molecular formula is C21H21FN2. The van der Waals surface area contributed by atoms with Gasteiger partial charge < -0.3 is 4.90 Å². The first-order valence-corrected chi connectivity index (χ1v) is 8.61. The molecule has 4 rings (SSSR count). The molecule has 2 aromatic carbocycles. The molecule has 1 atom stereocenters. The number of benzene rings is 2. The molecule has 1 aliphatic rings. The SMILES string of the molecule is CC1CCCN(c2cc3ccccc3nc2-c2ccc(F)cc2)C1. The predicted molar refractivity (Wildman–Crippen MR) is 97.7 cm³/mol. The lowest BCUT2D eigenvalue weighted by atomic mass is 9.98. The molecule has 2 heterocycles. The van der Waals surface area contributed by atoms with Crippen LogP contribution in [0.2, 0.25) is 0 Å². The van der Waals surface area contributed by atoms with Crippen molar-refractivity contribution in [3.8, 4) is 11.3 Å². The summed E-state index contributed by atoms with van der Waals surface area (Å²) in [4.78, 5) is 7.35. The first-order chi connectivity index (χ1) is 11.7. The lowest BCUT2D eigenvalue weighted by Crippen LogP contribution is -2.34. The molecule has 0 spiro atoms. The van der Waals surface area contributed by atoms with Crippen LogP contribution in [0.4, 0.5) is 10.1 Å². The number of pyridine rings is 1. The summed E-state index contributed by atoms with van der Waals surface area (Å²) in [5.74, 6) is 0.471. The van der Waals surface area contributed by atoms with E-state index in [9.17, 15) is 4.39 Å². The van der Waals surface area contributed by atoms with Crippen molar-refractivity contribution >= 4 is 16.6 Å². The summed E-state index contributed by atoms with van der Waals surface area (Å²) in [6, 6.07) is 17.1. The fourth-order valence-corrected chi connectivity index (χ4v) is 3.57. The van der Waals surface area contributed by atoms with E-state index < -0.39 is 0 Å². The maximum atomic E-state index is 13.3. The monoisotopic (exact) mass is 320 g/mol. The second-order valence-electron chi connectivity index (χ2n) is 6.75. The van der Waals surface area contributed by atoms with Gasteiger partial charge in [-0.1, -0.05) is 25.1 Å². The quantitative estimate of drug-likeness (QED) is 0.639. The molecule has 0 N–H and O–H groups in total. The van der Waals surface area contributed by atoms with Crippen LogP contribution in [0.15, 0.2) is 54.6 Å². The third-order valence-electron chi connectivity index (χ3n) is 4.82. The number of para-hydroxylation sites is 1. The van der Waals surface area contributed by atoms with E-state index in [4.69, 9.17) is 4.98 Å². The Kier molecular flexibility index (Phi) is 3.93. The summed E-state index contributed by atoms with van der Waals surface area (Å²) in [7, 11) is 0. The van der Waals surface area contributed by atoms with E-state index in [1.807, 2.05) is 30.3 Å². The van der Waals surface area contributed by atoms with Gasteiger partial charge in [-0.25, -0.2) is 9.37 Å². The second kappa shape index (κ2) is 6.23. The van der Waals surface area contributed by atoms with Crippen molar-refractivity contribution in [3.05, 3.63) is 60.4 Å². The summed E-state index contributed by atoms with van der Waals surface area (Å²) in [5.41, 5.74) is 4.05. The van der Waals surface area contributed by atoms with Crippen LogP contribution in [0.5, 0.6) is 0 Å². The maximum Gasteiger partial charge on any atom is 0.123 e. The second-order valence-corrected chi connectivity index (χ2v) is 6.75. The number of hydrogen-bond donors (Lipinski definition) is 0. The van der Waals surface area contributed by atoms with Crippen molar-refractivity contribution in [2.24, 2.45) is 5.92 Å². The normalized spacial score (nSPS) is 18.1. The molecule has 122 valence electrons. The summed E-state index contributed by atoms with van der Waals surface area (Å²) in [6.07, 6.45) is 2.49. The Bertz CT molecular complexity index is 857. The van der Waals surface area contributed by atoms with E-state index in [0.717, 1.165) is 40.9 Å². The highest BCUT2D eigenvalue weighted by Gasteiger charge is 2.21. The van der Waals surface area contributed by atoms with Crippen LogP contribution in [-0.4, -0.2) is 18.1 Å². The third kappa shape index (κ3) is 2.86. The zero-order valence-corrected chi connectivity index (χ0v) is 13.9. The van der Waals surface area contributed by atoms with Crippen LogP contribution < -0.4 is 4.90 Å². The van der Waals surface area contributed by atoms with Gasteiger partial charge >= 0.3 is 0 Å². The number of hydrogen-bond acceptors (Lipinski definition) is 2. The molecular weight excluding hydrogens is 299 g/mol. The molecule has 1 saturated heterocycles. The number of nitrogens with zero attached hydrogens (tertiary/aromatic N) is 2. The van der Waals surface area contributed by atoms with E-state index in [1.54, 1.807) is 0 Å². The Balaban J connectivity index is 1.88. The molecule has 1 unspecified atom stereocenters. The summed E-state index contributed by atoms with van der Waals surface area (Å²) in [6.45, 7) is 4.41. The molecule has 0 radical (unpaired) electrons. The summed E-state index contributed by atoms with van der Waals surface area (Å²) in [5, 5.41) is 1.15. The van der Waals surface area contributed by atoms with Gasteiger partial charge in [0, 0.05) is 24.0 Å². The highest BCUT2D eigenvalue weighted by Crippen LogP contribution is 2.34. The molecule has 2 nitrogen and oxygen atoms in total. The zero-order valence-electron chi connectivity index (χ0n) is 13.9. The lowest BCUT2D eigenvalue weighted by Gasteiger charge is -2.34. The molecule has 0 saturated carbocycles. The third-order valence-corrected chi connectivity index (χ3v) is 4.82. The van der Waals surface area contributed by atoms with Gasteiger partial charge in [0.05, 0.1) is 16.9 Å². The highest BCUT2D eigenvalue weighted by atomic mass is 19.1. The van der Waals surface area contributed by atoms with Crippen molar-refractivity contribution in [1.82, 2.24) is 4.98 Å². The maximum absolute atomic E-state index is 13.3. The number of rotatable bonds is 2. The van der Waals surface area contributed by atoms with Gasteiger partial charge in [-0.2, -0.15) is 0 Å². The smallest absolute Gasteiger partial charge is 0.123 e. The van der Waals surface area contributed by atoms with Crippen LogP contribution in [-0.2, 0) is 0 Å². The van der Waals surface area contributed by atoms with Gasteiger partial charge in [0.25, 0.3) is 0 Å². The topological polar surface area (TPSA) is 16.1 Å². The minimum atomic E-state index is -0.215. The number of aromatic nitrogens is 1. The highest BCUT2D eigenvalue weighted by molar-refractivity contribution is 5.89. The number of halogens is 1. The van der Waals surface area contributed by atoms with E-state index in [2.05, 4.69) is 24.0 Å². The molecule has 0 aliphatic carbocycles. The van der Waals surface area contributed by atoms with Crippen LogP contribution in [0, 0.1) is 11.7 Å². The van der Waals surface area contributed by atoms with Crippen molar-refractivity contribution < 1.29 is 4.39 Å². The fourth-order valence-electron chi connectivity index (χ4n) is 3.57. The molecule has 1 fully saturated rings. The summed E-state index contributed by atoms with van der Waals surface area (Å²) >= 11 is 0. The van der Waals surface area contributed by atoms with Gasteiger partial charge in [-0.15, -0.1) is 0 Å². The number of piperidine rings is 1. The first kappa shape index (κ1) is 15.1. The van der Waals surface area contributed by atoms with Crippen LogP contribution in [0.1, 0.15) is 19.8 Å². The zero-order chi connectivity index (χ0) is 16.5. The Morgan fingerprint density at radius 2 is 1.88 bits per heavy atom. The molecule has 3 aromatic rings. The Labute approximate surface area is 141 Å². The minimum Gasteiger partial charge on any atom is -0.369 e. The van der Waals surface area contributed by atoms with E-state index in [1.165, 1.54) is 25.0 Å². The van der Waals surface area contributed by atoms with E-state index in [-0.39, 0.29) is 5.82 Å². The van der Waals surface area contributed by atoms with Gasteiger partial charge in [0.15, 0.2) is 0 Å². The molecule has 3 heteroatoms. The van der Waals surface area contributed by atoms with Crippen molar-refractivity contribution in [2.75, 3.05) is 18.0 Å². The molecule has 24 heavy (non-hydrogen) atoms. The van der Waals surface area contributed by atoms with Crippen molar-refractivity contribution in [1.29, 1.82) is 0 Å². The number of fused-ring (bicyclic) bond motifs is 1. The van der Waals surface area contributed by atoms with Crippen LogP contribution in [0.25, 0.3) is 22.2 Å². The van der Waals surface area contributed by atoms with E-state index >= 15 is 0 Å². The van der Waals surface area contributed by atoms with Gasteiger partial charge in [0.1, 0.15) is 5.82 Å². The Morgan fingerprint density at radius 3 is 2.67 bits per heavy atom. The van der Waals surface area contributed by atoms with E-state index in [0.29, 0.717) is 5.92 Å². The van der Waals surface area contributed by atoms with Crippen molar-refractivity contribution in [3.63, 3.8) is 0 Å². The largest absolute Gasteiger partial charge is 0.369 e. The Hall–Kier alpha value is -2.42. The average Bonchev–Trinajstić information content (AvgIpc) is 2.61.